The second-order valence-electron chi connectivity index (χ2n) is 5.08. The van der Waals surface area contributed by atoms with Crippen molar-refractivity contribution in [3.63, 3.8) is 0 Å². The van der Waals surface area contributed by atoms with E-state index in [0.717, 1.165) is 18.8 Å². The second kappa shape index (κ2) is 6.19. The minimum absolute atomic E-state index is 0.0356. The first-order valence-corrected chi connectivity index (χ1v) is 7.36. The molecule has 1 saturated heterocycles. The summed E-state index contributed by atoms with van der Waals surface area (Å²) in [6.07, 6.45) is 1.41. The quantitative estimate of drug-likeness (QED) is 0.871. The second-order valence-corrected chi connectivity index (χ2v) is 5.08. The molecule has 1 N–H and O–H groups in total. The Morgan fingerprint density at radius 3 is 2.86 bits per heavy atom. The lowest BCUT2D eigenvalue weighted by atomic mass is 10.1. The van der Waals surface area contributed by atoms with Gasteiger partial charge >= 0.3 is 5.97 Å². The number of esters is 1. The molecule has 1 aliphatic rings. The Hall–Kier alpha value is -2.34. The number of hydrogen-bond donors (Lipinski definition) is 1. The third-order valence-electron chi connectivity index (χ3n) is 3.74. The maximum absolute atomic E-state index is 12.5. The molecule has 1 aliphatic heterocycles. The van der Waals surface area contributed by atoms with Gasteiger partial charge in [0, 0.05) is 35.9 Å². The van der Waals surface area contributed by atoms with Crippen LogP contribution in [0.15, 0.2) is 29.2 Å². The highest BCUT2D eigenvalue weighted by molar-refractivity contribution is 5.94. The molecule has 2 aromatic rings. The molecule has 3 rings (SSSR count). The molecule has 0 radical (unpaired) electrons. The number of rotatable bonds is 3. The first-order valence-electron chi connectivity index (χ1n) is 7.36. The smallest absolute Gasteiger partial charge is 0.343 e. The fourth-order valence-corrected chi connectivity index (χ4v) is 2.59. The molecule has 6 heteroatoms. The van der Waals surface area contributed by atoms with Crippen molar-refractivity contribution in [2.24, 2.45) is 0 Å². The van der Waals surface area contributed by atoms with E-state index in [4.69, 9.17) is 9.47 Å². The van der Waals surface area contributed by atoms with Crippen LogP contribution in [0.25, 0.3) is 10.9 Å². The fourth-order valence-electron chi connectivity index (χ4n) is 2.59. The number of nitrogens with one attached hydrogen (secondary N) is 1. The zero-order valence-corrected chi connectivity index (χ0v) is 12.4. The van der Waals surface area contributed by atoms with E-state index in [1.165, 1.54) is 6.20 Å². The summed E-state index contributed by atoms with van der Waals surface area (Å²) in [5.74, 6) is -0.595. The molecular formula is C16H18N2O4. The van der Waals surface area contributed by atoms with Gasteiger partial charge in [-0.2, -0.15) is 0 Å². The third kappa shape index (κ3) is 2.69. The molecule has 0 aliphatic carbocycles. The summed E-state index contributed by atoms with van der Waals surface area (Å²) >= 11 is 0. The molecule has 1 aromatic carbocycles. The maximum Gasteiger partial charge on any atom is 0.343 e. The summed E-state index contributed by atoms with van der Waals surface area (Å²) < 4.78 is 10.3. The van der Waals surface area contributed by atoms with Crippen LogP contribution < -0.4 is 10.3 Å². The van der Waals surface area contributed by atoms with Crippen LogP contribution in [0, 0.1) is 0 Å². The SMILES string of the molecule is CCOC(=O)c1c[nH]c2ccc(N3CCOCC3)cc2c1=O. The van der Waals surface area contributed by atoms with Gasteiger partial charge in [0.2, 0.25) is 5.43 Å². The largest absolute Gasteiger partial charge is 0.462 e. The molecule has 0 atom stereocenters. The zero-order chi connectivity index (χ0) is 15.5. The van der Waals surface area contributed by atoms with Gasteiger partial charge in [0.05, 0.1) is 19.8 Å². The summed E-state index contributed by atoms with van der Waals surface area (Å²) in [5.41, 5.74) is 1.40. The van der Waals surface area contributed by atoms with Crippen molar-refractivity contribution < 1.29 is 14.3 Å². The van der Waals surface area contributed by atoms with Crippen molar-refractivity contribution >= 4 is 22.6 Å². The predicted octanol–water partition coefficient (Wildman–Crippen LogP) is 1.54. The number of aromatic amines is 1. The van der Waals surface area contributed by atoms with Crippen molar-refractivity contribution in [1.82, 2.24) is 4.98 Å². The average Bonchev–Trinajstić information content (AvgIpc) is 2.56. The molecule has 0 amide bonds. The van der Waals surface area contributed by atoms with Crippen LogP contribution in [0.4, 0.5) is 5.69 Å². The van der Waals surface area contributed by atoms with E-state index < -0.39 is 5.97 Å². The molecule has 22 heavy (non-hydrogen) atoms. The molecule has 6 nitrogen and oxygen atoms in total. The van der Waals surface area contributed by atoms with Crippen molar-refractivity contribution in [1.29, 1.82) is 0 Å². The number of H-pyrrole nitrogens is 1. The van der Waals surface area contributed by atoms with Gasteiger partial charge in [-0.05, 0) is 25.1 Å². The standard InChI is InChI=1S/C16H18N2O4/c1-2-22-16(20)13-10-17-14-4-3-11(9-12(14)15(13)19)18-5-7-21-8-6-18/h3-4,9-10H,2,5-8H2,1H3,(H,17,19). The minimum Gasteiger partial charge on any atom is -0.462 e. The molecule has 1 fully saturated rings. The first-order chi connectivity index (χ1) is 10.7. The van der Waals surface area contributed by atoms with E-state index >= 15 is 0 Å². The Labute approximate surface area is 127 Å². The highest BCUT2D eigenvalue weighted by Crippen LogP contribution is 2.20. The van der Waals surface area contributed by atoms with Gasteiger partial charge in [0.15, 0.2) is 0 Å². The molecule has 0 bridgehead atoms. The lowest BCUT2D eigenvalue weighted by Crippen LogP contribution is -2.36. The summed E-state index contributed by atoms with van der Waals surface area (Å²) in [4.78, 5) is 29.5. The topological polar surface area (TPSA) is 71.6 Å². The lowest BCUT2D eigenvalue weighted by Gasteiger charge is -2.29. The molecular weight excluding hydrogens is 284 g/mol. The van der Waals surface area contributed by atoms with Gasteiger partial charge in [-0.25, -0.2) is 4.79 Å². The average molecular weight is 302 g/mol. The number of carbonyl (C=O) groups excluding carboxylic acids is 1. The Kier molecular flexibility index (Phi) is 4.11. The normalized spacial score (nSPS) is 15.0. The van der Waals surface area contributed by atoms with Gasteiger partial charge < -0.3 is 19.4 Å². The highest BCUT2D eigenvalue weighted by Gasteiger charge is 2.16. The Morgan fingerprint density at radius 1 is 1.36 bits per heavy atom. The number of nitrogens with zero attached hydrogens (tertiary/aromatic N) is 1. The number of fused-ring (bicyclic) bond motifs is 1. The molecule has 0 spiro atoms. The van der Waals surface area contributed by atoms with Crippen molar-refractivity contribution in [3.05, 3.63) is 40.2 Å². The fraction of sp³-hybridized carbons (Fsp3) is 0.375. The molecule has 2 heterocycles. The molecule has 0 saturated carbocycles. The van der Waals surface area contributed by atoms with Crippen molar-refractivity contribution in [2.45, 2.75) is 6.92 Å². The highest BCUT2D eigenvalue weighted by atomic mass is 16.5. The minimum atomic E-state index is -0.595. The predicted molar refractivity (Wildman–Crippen MR) is 83.6 cm³/mol. The van der Waals surface area contributed by atoms with Crippen LogP contribution in [0.1, 0.15) is 17.3 Å². The van der Waals surface area contributed by atoms with E-state index in [1.54, 1.807) is 6.92 Å². The number of carbonyl (C=O) groups is 1. The van der Waals surface area contributed by atoms with Crippen LogP contribution >= 0.6 is 0 Å². The van der Waals surface area contributed by atoms with Crippen LogP contribution in [-0.2, 0) is 9.47 Å². The number of anilines is 1. The van der Waals surface area contributed by atoms with E-state index in [-0.39, 0.29) is 17.6 Å². The lowest BCUT2D eigenvalue weighted by molar-refractivity contribution is 0.0524. The summed E-state index contributed by atoms with van der Waals surface area (Å²) in [7, 11) is 0. The van der Waals surface area contributed by atoms with E-state index in [9.17, 15) is 9.59 Å². The number of ether oxygens (including phenoxy) is 2. The van der Waals surface area contributed by atoms with Crippen LogP contribution in [0.3, 0.4) is 0 Å². The molecule has 116 valence electrons. The van der Waals surface area contributed by atoms with Crippen molar-refractivity contribution in [2.75, 3.05) is 37.8 Å². The molecule has 0 unspecified atom stereocenters. The van der Waals surface area contributed by atoms with E-state index in [1.807, 2.05) is 18.2 Å². The number of pyridine rings is 1. The van der Waals surface area contributed by atoms with Gasteiger partial charge in [-0.3, -0.25) is 4.79 Å². The van der Waals surface area contributed by atoms with E-state index in [2.05, 4.69) is 9.88 Å². The number of benzene rings is 1. The van der Waals surface area contributed by atoms with Crippen LogP contribution in [0.2, 0.25) is 0 Å². The van der Waals surface area contributed by atoms with Gasteiger partial charge in [0.25, 0.3) is 0 Å². The maximum atomic E-state index is 12.5. The number of morpholine rings is 1. The number of aromatic nitrogens is 1. The summed E-state index contributed by atoms with van der Waals surface area (Å²) in [6, 6.07) is 5.65. The van der Waals surface area contributed by atoms with Crippen LogP contribution in [-0.4, -0.2) is 43.9 Å². The van der Waals surface area contributed by atoms with Crippen LogP contribution in [0.5, 0.6) is 0 Å². The Morgan fingerprint density at radius 2 is 2.14 bits per heavy atom. The summed E-state index contributed by atoms with van der Waals surface area (Å²) in [6.45, 7) is 4.89. The number of hydrogen-bond acceptors (Lipinski definition) is 5. The molecule has 1 aromatic heterocycles. The zero-order valence-electron chi connectivity index (χ0n) is 12.4. The first kappa shape index (κ1) is 14.6. The van der Waals surface area contributed by atoms with E-state index in [0.29, 0.717) is 24.1 Å². The van der Waals surface area contributed by atoms with Gasteiger partial charge in [-0.1, -0.05) is 0 Å². The van der Waals surface area contributed by atoms with Gasteiger partial charge in [-0.15, -0.1) is 0 Å². The Balaban J connectivity index is 2.04. The monoisotopic (exact) mass is 302 g/mol. The van der Waals surface area contributed by atoms with Gasteiger partial charge in [0.1, 0.15) is 5.56 Å². The van der Waals surface area contributed by atoms with Crippen molar-refractivity contribution in [3.8, 4) is 0 Å². The summed E-state index contributed by atoms with van der Waals surface area (Å²) in [5, 5.41) is 0.495. The third-order valence-corrected chi connectivity index (χ3v) is 3.74. The Bertz CT molecular complexity index is 747.